The molecule has 0 radical (unpaired) electrons. The lowest BCUT2D eigenvalue weighted by atomic mass is 10.5. The summed E-state index contributed by atoms with van der Waals surface area (Å²) in [5.41, 5.74) is 6.98. The van der Waals surface area contributed by atoms with Gasteiger partial charge in [-0.05, 0) is 17.8 Å². The average molecular weight is 111 g/mol. The average Bonchev–Trinajstić information content (AvgIpc) is 1.89. The normalized spacial score (nSPS) is 3.78. The molecule has 0 heteroatoms. The first-order valence-electron chi connectivity index (χ1n) is 2.15. The molecule has 9 heavy (non-hydrogen) atoms. The standard InChI is InChI=1S/C9H3/c1-3-5-7-9-8-6-4-2/h1-2,9H/q+1. The third-order valence-electron chi connectivity index (χ3n) is 0.433. The first-order valence-corrected chi connectivity index (χ1v) is 2.15. The summed E-state index contributed by atoms with van der Waals surface area (Å²) in [5.74, 6) is 6.98. The van der Waals surface area contributed by atoms with E-state index in [0.717, 1.165) is 0 Å². The summed E-state index contributed by atoms with van der Waals surface area (Å²) in [7, 11) is 0. The first kappa shape index (κ1) is 7.11. The predicted molar refractivity (Wildman–Crippen MR) is 36.0 cm³/mol. The molecule has 0 unspecified atom stereocenters. The molecule has 0 bridgehead atoms. The van der Waals surface area contributed by atoms with Crippen molar-refractivity contribution in [2.45, 2.75) is 0 Å². The maximum atomic E-state index is 4.81. The van der Waals surface area contributed by atoms with Crippen molar-refractivity contribution in [1.29, 1.82) is 0 Å². The molecule has 0 rings (SSSR count). The monoisotopic (exact) mass is 111 g/mol. The second kappa shape index (κ2) is 6.11. The van der Waals surface area contributed by atoms with Crippen molar-refractivity contribution in [1.82, 2.24) is 0 Å². The zero-order valence-electron chi connectivity index (χ0n) is 4.73. The van der Waals surface area contributed by atoms with Crippen molar-refractivity contribution in [2.24, 2.45) is 0 Å². The Kier molecular flexibility index (Phi) is 4.83. The van der Waals surface area contributed by atoms with Crippen LogP contribution in [0.1, 0.15) is 0 Å². The van der Waals surface area contributed by atoms with Gasteiger partial charge in [0.15, 0.2) is 0 Å². The van der Waals surface area contributed by atoms with Gasteiger partial charge in [-0.3, -0.25) is 0 Å². The molecule has 0 fully saturated rings. The van der Waals surface area contributed by atoms with Crippen LogP contribution in [0.2, 0.25) is 0 Å². The molecule has 0 spiro atoms. The van der Waals surface area contributed by atoms with Gasteiger partial charge < -0.3 is 0 Å². The molecule has 0 amide bonds. The van der Waals surface area contributed by atoms with Crippen LogP contribution in [0, 0.1) is 30.8 Å². The molecule has 0 N–H and O–H groups in total. The van der Waals surface area contributed by atoms with Crippen LogP contribution >= 0.6 is 0 Å². The molecule has 0 aliphatic carbocycles. The maximum Gasteiger partial charge on any atom is 0.222 e. The highest BCUT2D eigenvalue weighted by Crippen LogP contribution is 1.58. The molecular formula is C9H3+. The van der Waals surface area contributed by atoms with Crippen molar-refractivity contribution in [3.8, 4) is 24.2 Å². The highest BCUT2D eigenvalue weighted by molar-refractivity contribution is 5.27. The third-order valence-corrected chi connectivity index (χ3v) is 0.433. The molecule has 0 atom stereocenters. The smallest absolute Gasteiger partial charge is 0.106 e. The largest absolute Gasteiger partial charge is 0.222 e. The van der Waals surface area contributed by atoms with Crippen LogP contribution in [0.3, 0.4) is 0 Å². The molecule has 0 saturated heterocycles. The highest BCUT2D eigenvalue weighted by Gasteiger charge is 1.54. The second-order valence-electron chi connectivity index (χ2n) is 0.972. The van der Waals surface area contributed by atoms with E-state index in [1.54, 1.807) is 0 Å². The number of terminal acetylenes is 1. The van der Waals surface area contributed by atoms with Gasteiger partial charge in [0.25, 0.3) is 0 Å². The SMILES string of the molecule is C#CC#CC=C=C=C=[CH+]. The van der Waals surface area contributed by atoms with E-state index >= 15 is 0 Å². The fourth-order valence-electron chi connectivity index (χ4n) is 0.192. The molecule has 0 aromatic rings. The Morgan fingerprint density at radius 2 is 2.22 bits per heavy atom. The lowest BCUT2D eigenvalue weighted by molar-refractivity contribution is 2.15. The van der Waals surface area contributed by atoms with Gasteiger partial charge in [-0.15, -0.1) is 6.42 Å². The van der Waals surface area contributed by atoms with Crippen LogP contribution in [0.5, 0.6) is 0 Å². The molecule has 38 valence electrons. The number of rotatable bonds is 0. The zero-order valence-corrected chi connectivity index (χ0v) is 4.73. The Bertz CT molecular complexity index is 283. The predicted octanol–water partition coefficient (Wildman–Crippen LogP) is 1.08. The Morgan fingerprint density at radius 3 is 2.78 bits per heavy atom. The molecule has 0 saturated carbocycles. The quantitative estimate of drug-likeness (QED) is 0.249. The molecule has 0 nitrogen and oxygen atoms in total. The summed E-state index contributed by atoms with van der Waals surface area (Å²) in [5, 5.41) is 0. The van der Waals surface area contributed by atoms with E-state index in [9.17, 15) is 0 Å². The van der Waals surface area contributed by atoms with Gasteiger partial charge in [-0.2, -0.15) is 0 Å². The van der Waals surface area contributed by atoms with Gasteiger partial charge in [0, 0.05) is 0 Å². The Hall–Kier alpha value is -1.89. The molecule has 0 aliphatic rings. The van der Waals surface area contributed by atoms with Crippen LogP contribution in [0.15, 0.2) is 23.3 Å². The van der Waals surface area contributed by atoms with Crippen molar-refractivity contribution >= 4 is 0 Å². The summed E-state index contributed by atoms with van der Waals surface area (Å²) >= 11 is 0. The summed E-state index contributed by atoms with van der Waals surface area (Å²) in [6, 6.07) is 0. The minimum Gasteiger partial charge on any atom is -0.106 e. The summed E-state index contributed by atoms with van der Waals surface area (Å²) < 4.78 is 0. The van der Waals surface area contributed by atoms with Gasteiger partial charge in [0.2, 0.25) is 11.5 Å². The summed E-state index contributed by atoms with van der Waals surface area (Å²) in [6.45, 7) is 4.81. The summed E-state index contributed by atoms with van der Waals surface area (Å²) in [4.78, 5) is 0. The van der Waals surface area contributed by atoms with E-state index in [2.05, 4.69) is 35.0 Å². The van der Waals surface area contributed by atoms with Crippen molar-refractivity contribution < 1.29 is 0 Å². The van der Waals surface area contributed by atoms with Crippen LogP contribution in [-0.4, -0.2) is 0 Å². The fourth-order valence-corrected chi connectivity index (χ4v) is 0.192. The van der Waals surface area contributed by atoms with Crippen molar-refractivity contribution in [3.63, 3.8) is 0 Å². The van der Waals surface area contributed by atoms with Crippen LogP contribution in [0.25, 0.3) is 0 Å². The van der Waals surface area contributed by atoms with Crippen LogP contribution < -0.4 is 0 Å². The van der Waals surface area contributed by atoms with Gasteiger partial charge in [0.05, 0.1) is 11.8 Å². The molecule has 0 aromatic carbocycles. The third kappa shape index (κ3) is 6.11. The van der Waals surface area contributed by atoms with E-state index in [-0.39, 0.29) is 0 Å². The fraction of sp³-hybridized carbons (Fsp3) is 0. The van der Waals surface area contributed by atoms with Gasteiger partial charge in [0.1, 0.15) is 6.58 Å². The minimum absolute atomic E-state index is 1.42. The number of allylic oxidation sites excluding steroid dienone is 1. The van der Waals surface area contributed by atoms with E-state index in [0.29, 0.717) is 0 Å². The lowest BCUT2D eigenvalue weighted by Gasteiger charge is -1.47. The van der Waals surface area contributed by atoms with Crippen molar-refractivity contribution in [3.05, 3.63) is 29.8 Å². The Balaban J connectivity index is 4.25. The van der Waals surface area contributed by atoms with Crippen LogP contribution in [-0.2, 0) is 0 Å². The van der Waals surface area contributed by atoms with Gasteiger partial charge >= 0.3 is 0 Å². The number of hydrogen-bond donors (Lipinski definition) is 0. The first-order chi connectivity index (χ1) is 4.41. The highest BCUT2D eigenvalue weighted by atomic mass is 13.5. The zero-order chi connectivity index (χ0) is 6.95. The molecule has 0 heterocycles. The molecule has 0 aliphatic heterocycles. The van der Waals surface area contributed by atoms with E-state index in [1.165, 1.54) is 6.08 Å². The Morgan fingerprint density at radius 1 is 1.44 bits per heavy atom. The second-order valence-corrected chi connectivity index (χ2v) is 0.972. The maximum absolute atomic E-state index is 4.81. The van der Waals surface area contributed by atoms with E-state index < -0.39 is 0 Å². The van der Waals surface area contributed by atoms with Gasteiger partial charge in [-0.1, -0.05) is 0 Å². The minimum atomic E-state index is 1.42. The lowest BCUT2D eigenvalue weighted by Crippen LogP contribution is -1.43. The van der Waals surface area contributed by atoms with E-state index in [4.69, 9.17) is 13.0 Å². The topological polar surface area (TPSA) is 0 Å². The Labute approximate surface area is 54.9 Å². The molecule has 0 aromatic heterocycles. The summed E-state index contributed by atoms with van der Waals surface area (Å²) in [6.07, 6.45) is 6.23. The van der Waals surface area contributed by atoms with Crippen LogP contribution in [0.4, 0.5) is 0 Å². The van der Waals surface area contributed by atoms with Crippen molar-refractivity contribution in [2.75, 3.05) is 0 Å². The molecular weight excluding hydrogens is 108 g/mol. The van der Waals surface area contributed by atoms with E-state index in [1.807, 2.05) is 0 Å². The number of hydrogen-bond acceptors (Lipinski definition) is 0. The van der Waals surface area contributed by atoms with Gasteiger partial charge in [-0.25, -0.2) is 0 Å².